The van der Waals surface area contributed by atoms with Crippen LogP contribution >= 0.6 is 0 Å². The van der Waals surface area contributed by atoms with Crippen LogP contribution in [0.3, 0.4) is 0 Å². The molecule has 0 radical (unpaired) electrons. The van der Waals surface area contributed by atoms with Gasteiger partial charge in [0.2, 0.25) is 0 Å². The van der Waals surface area contributed by atoms with Gasteiger partial charge in [-0.1, -0.05) is 30.3 Å². The number of benzene rings is 1. The molecular formula is C13H18N2O2. The van der Waals surface area contributed by atoms with Gasteiger partial charge in [0.15, 0.2) is 0 Å². The number of amides is 1. The number of carbonyl (C=O) groups is 1. The van der Waals surface area contributed by atoms with E-state index in [9.17, 15) is 4.79 Å². The van der Waals surface area contributed by atoms with Gasteiger partial charge in [-0.2, -0.15) is 0 Å². The van der Waals surface area contributed by atoms with Gasteiger partial charge in [0, 0.05) is 19.6 Å². The molecule has 1 amide bonds. The molecule has 1 aliphatic heterocycles. The first kappa shape index (κ1) is 11.9. The molecule has 2 rings (SSSR count). The Labute approximate surface area is 102 Å². The minimum Gasteiger partial charge on any atom is -0.445 e. The Hall–Kier alpha value is -1.55. The van der Waals surface area contributed by atoms with Gasteiger partial charge in [0.1, 0.15) is 6.61 Å². The summed E-state index contributed by atoms with van der Waals surface area (Å²) in [4.78, 5) is 13.3. The molecule has 1 atom stereocenters. The summed E-state index contributed by atoms with van der Waals surface area (Å²) in [6, 6.07) is 10.1. The van der Waals surface area contributed by atoms with Gasteiger partial charge in [0.25, 0.3) is 0 Å². The highest BCUT2D eigenvalue weighted by Crippen LogP contribution is 2.06. The smallest absolute Gasteiger partial charge is 0.409 e. The summed E-state index contributed by atoms with van der Waals surface area (Å²) >= 11 is 0. The second kappa shape index (κ2) is 5.68. The van der Waals surface area contributed by atoms with Gasteiger partial charge < -0.3 is 15.0 Å². The van der Waals surface area contributed by atoms with Crippen LogP contribution in [0.1, 0.15) is 12.0 Å². The van der Waals surface area contributed by atoms with Crippen molar-refractivity contribution in [2.75, 3.05) is 20.1 Å². The second-order valence-corrected chi connectivity index (χ2v) is 4.36. The molecular weight excluding hydrogens is 216 g/mol. The standard InChI is InChI=1S/C13H18N2O2/c1-15(9-12-7-8-14-12)13(16)17-10-11-5-3-2-4-6-11/h2-6,12,14H,7-10H2,1H3. The molecule has 0 aliphatic carbocycles. The largest absolute Gasteiger partial charge is 0.445 e. The fourth-order valence-electron chi connectivity index (χ4n) is 1.74. The summed E-state index contributed by atoms with van der Waals surface area (Å²) < 4.78 is 5.22. The van der Waals surface area contributed by atoms with Crippen LogP contribution in [0.2, 0.25) is 0 Å². The van der Waals surface area contributed by atoms with E-state index in [0.717, 1.165) is 18.5 Å². The van der Waals surface area contributed by atoms with Crippen LogP contribution in [0.25, 0.3) is 0 Å². The first-order chi connectivity index (χ1) is 8.25. The molecule has 0 spiro atoms. The lowest BCUT2D eigenvalue weighted by Gasteiger charge is -2.31. The molecule has 4 heteroatoms. The summed E-state index contributed by atoms with van der Waals surface area (Å²) in [5.41, 5.74) is 1.01. The van der Waals surface area contributed by atoms with Crippen molar-refractivity contribution in [2.24, 2.45) is 0 Å². The van der Waals surface area contributed by atoms with E-state index in [2.05, 4.69) is 5.32 Å². The summed E-state index contributed by atoms with van der Waals surface area (Å²) in [5, 5.41) is 3.26. The predicted octanol–water partition coefficient (Wildman–Crippen LogP) is 1.62. The maximum absolute atomic E-state index is 11.7. The molecule has 17 heavy (non-hydrogen) atoms. The number of nitrogens with one attached hydrogen (secondary N) is 1. The van der Waals surface area contributed by atoms with Gasteiger partial charge >= 0.3 is 6.09 Å². The van der Waals surface area contributed by atoms with Crippen molar-refractivity contribution in [3.63, 3.8) is 0 Å². The van der Waals surface area contributed by atoms with E-state index < -0.39 is 0 Å². The Kier molecular flexibility index (Phi) is 3.98. The molecule has 1 aromatic carbocycles. The normalized spacial score (nSPS) is 18.3. The van der Waals surface area contributed by atoms with E-state index in [1.807, 2.05) is 30.3 Å². The molecule has 1 unspecified atom stereocenters. The van der Waals surface area contributed by atoms with Crippen LogP contribution in [-0.2, 0) is 11.3 Å². The quantitative estimate of drug-likeness (QED) is 0.860. The maximum atomic E-state index is 11.7. The van der Waals surface area contributed by atoms with Gasteiger partial charge in [-0.05, 0) is 18.5 Å². The van der Waals surface area contributed by atoms with Crippen molar-refractivity contribution in [2.45, 2.75) is 19.1 Å². The molecule has 0 aromatic heterocycles. The van der Waals surface area contributed by atoms with Crippen LogP contribution in [-0.4, -0.2) is 37.2 Å². The molecule has 1 aliphatic rings. The third-order valence-electron chi connectivity index (χ3n) is 2.94. The zero-order valence-corrected chi connectivity index (χ0v) is 10.1. The van der Waals surface area contributed by atoms with Crippen LogP contribution < -0.4 is 5.32 Å². The average molecular weight is 234 g/mol. The molecule has 1 heterocycles. The van der Waals surface area contributed by atoms with Crippen LogP contribution in [0, 0.1) is 0 Å². The van der Waals surface area contributed by atoms with E-state index in [-0.39, 0.29) is 6.09 Å². The fourth-order valence-corrected chi connectivity index (χ4v) is 1.74. The highest BCUT2D eigenvalue weighted by atomic mass is 16.6. The molecule has 4 nitrogen and oxygen atoms in total. The van der Waals surface area contributed by atoms with Gasteiger partial charge in [-0.3, -0.25) is 0 Å². The number of likely N-dealkylation sites (N-methyl/N-ethyl adjacent to an activating group) is 1. The van der Waals surface area contributed by atoms with Gasteiger partial charge in [0.05, 0.1) is 0 Å². The second-order valence-electron chi connectivity index (χ2n) is 4.36. The summed E-state index contributed by atoms with van der Waals surface area (Å²) in [7, 11) is 1.77. The lowest BCUT2D eigenvalue weighted by molar-refractivity contribution is 0.0980. The number of nitrogens with zero attached hydrogens (tertiary/aromatic N) is 1. The molecule has 1 N–H and O–H groups in total. The number of ether oxygens (including phenoxy) is 1. The van der Waals surface area contributed by atoms with Crippen LogP contribution in [0.4, 0.5) is 4.79 Å². The fraction of sp³-hybridized carbons (Fsp3) is 0.462. The topological polar surface area (TPSA) is 41.6 Å². The van der Waals surface area contributed by atoms with E-state index >= 15 is 0 Å². The van der Waals surface area contributed by atoms with Crippen molar-refractivity contribution in [3.8, 4) is 0 Å². The third kappa shape index (κ3) is 3.46. The monoisotopic (exact) mass is 234 g/mol. The number of hydrogen-bond acceptors (Lipinski definition) is 3. The van der Waals surface area contributed by atoms with Gasteiger partial charge in [-0.15, -0.1) is 0 Å². The van der Waals surface area contributed by atoms with Gasteiger partial charge in [-0.25, -0.2) is 4.79 Å². The van der Waals surface area contributed by atoms with Crippen molar-refractivity contribution < 1.29 is 9.53 Å². The predicted molar refractivity (Wildman–Crippen MR) is 65.7 cm³/mol. The van der Waals surface area contributed by atoms with E-state index in [1.165, 1.54) is 0 Å². The average Bonchev–Trinajstić information content (AvgIpc) is 2.32. The molecule has 92 valence electrons. The first-order valence-corrected chi connectivity index (χ1v) is 5.91. The zero-order chi connectivity index (χ0) is 12.1. The summed E-state index contributed by atoms with van der Waals surface area (Å²) in [6.07, 6.45) is 0.874. The van der Waals surface area contributed by atoms with Crippen molar-refractivity contribution in [1.82, 2.24) is 10.2 Å². The zero-order valence-electron chi connectivity index (χ0n) is 10.1. The molecule has 0 bridgehead atoms. The maximum Gasteiger partial charge on any atom is 0.409 e. The minimum absolute atomic E-state index is 0.262. The summed E-state index contributed by atoms with van der Waals surface area (Å²) in [6.45, 7) is 2.10. The van der Waals surface area contributed by atoms with Crippen molar-refractivity contribution in [3.05, 3.63) is 35.9 Å². The third-order valence-corrected chi connectivity index (χ3v) is 2.94. The molecule has 1 fully saturated rings. The molecule has 1 saturated heterocycles. The van der Waals surface area contributed by atoms with Crippen molar-refractivity contribution >= 4 is 6.09 Å². The van der Waals surface area contributed by atoms with Crippen molar-refractivity contribution in [1.29, 1.82) is 0 Å². The lowest BCUT2D eigenvalue weighted by Crippen LogP contribution is -2.50. The molecule has 1 aromatic rings. The van der Waals surface area contributed by atoms with E-state index in [0.29, 0.717) is 19.2 Å². The highest BCUT2D eigenvalue weighted by molar-refractivity contribution is 5.67. The lowest BCUT2D eigenvalue weighted by atomic mass is 10.1. The highest BCUT2D eigenvalue weighted by Gasteiger charge is 2.21. The van der Waals surface area contributed by atoms with Crippen LogP contribution in [0.5, 0.6) is 0 Å². The Morgan fingerprint density at radius 1 is 1.47 bits per heavy atom. The minimum atomic E-state index is -0.262. The van der Waals surface area contributed by atoms with E-state index in [1.54, 1.807) is 11.9 Å². The first-order valence-electron chi connectivity index (χ1n) is 5.91. The Morgan fingerprint density at radius 2 is 2.18 bits per heavy atom. The number of rotatable bonds is 4. The Morgan fingerprint density at radius 3 is 2.76 bits per heavy atom. The Bertz CT molecular complexity index is 363. The summed E-state index contributed by atoms with van der Waals surface area (Å²) in [5.74, 6) is 0. The number of hydrogen-bond donors (Lipinski definition) is 1. The molecule has 0 saturated carbocycles. The van der Waals surface area contributed by atoms with Crippen LogP contribution in [0.15, 0.2) is 30.3 Å². The SMILES string of the molecule is CN(CC1CCN1)C(=O)OCc1ccccc1. The number of carbonyl (C=O) groups excluding carboxylic acids is 1. The van der Waals surface area contributed by atoms with E-state index in [4.69, 9.17) is 4.74 Å². The Balaban J connectivity index is 1.72.